The number of fused-ring (bicyclic) bond motifs is 1. The summed E-state index contributed by atoms with van der Waals surface area (Å²) in [6.07, 6.45) is 5.95. The molecule has 1 aliphatic rings. The summed E-state index contributed by atoms with van der Waals surface area (Å²) in [6.45, 7) is 4.43. The van der Waals surface area contributed by atoms with Gasteiger partial charge in [0.15, 0.2) is 5.82 Å². The highest BCUT2D eigenvalue weighted by atomic mass is 16.3. The minimum Gasteiger partial charge on any atom is -0.395 e. The largest absolute Gasteiger partial charge is 0.395 e. The van der Waals surface area contributed by atoms with Crippen LogP contribution >= 0.6 is 0 Å². The average Bonchev–Trinajstić information content (AvgIpc) is 3.18. The normalized spacial score (nSPS) is 15.8. The van der Waals surface area contributed by atoms with Crippen molar-refractivity contribution in [2.75, 3.05) is 31.6 Å². The maximum absolute atomic E-state index is 11.3. The van der Waals surface area contributed by atoms with Crippen LogP contribution in [0.25, 0.3) is 22.4 Å². The molecule has 0 aliphatic carbocycles. The van der Waals surface area contributed by atoms with E-state index in [1.807, 2.05) is 42.7 Å². The maximum atomic E-state index is 11.3. The lowest BCUT2D eigenvalue weighted by Crippen LogP contribution is -2.36. The van der Waals surface area contributed by atoms with E-state index in [0.717, 1.165) is 60.6 Å². The van der Waals surface area contributed by atoms with Crippen LogP contribution in [-0.4, -0.2) is 56.7 Å². The van der Waals surface area contributed by atoms with E-state index in [-0.39, 0.29) is 12.5 Å². The van der Waals surface area contributed by atoms with Crippen LogP contribution in [0.4, 0.5) is 5.69 Å². The third-order valence-electron chi connectivity index (χ3n) is 5.27. The van der Waals surface area contributed by atoms with Gasteiger partial charge in [-0.3, -0.25) is 4.79 Å². The van der Waals surface area contributed by atoms with Crippen LogP contribution in [0, 0.1) is 0 Å². The molecule has 4 rings (SSSR count). The van der Waals surface area contributed by atoms with Crippen molar-refractivity contribution in [2.24, 2.45) is 0 Å². The van der Waals surface area contributed by atoms with E-state index in [9.17, 15) is 4.79 Å². The molecular weight excluding hydrogens is 354 g/mol. The molecule has 1 aromatic carbocycles. The number of β-amino-alcohol motifs (C(OH)–C–C–N with tert-alkyl or cyclic N) is 1. The molecule has 3 aromatic rings. The summed E-state index contributed by atoms with van der Waals surface area (Å²) in [5, 5.41) is 12.9. The van der Waals surface area contributed by atoms with Crippen LogP contribution in [0.15, 0.2) is 42.7 Å². The van der Waals surface area contributed by atoms with E-state index in [2.05, 4.69) is 19.8 Å². The number of imidazole rings is 1. The zero-order valence-electron chi connectivity index (χ0n) is 16.0. The smallest absolute Gasteiger partial charge is 0.221 e. The van der Waals surface area contributed by atoms with Crippen LogP contribution in [-0.2, 0) is 4.79 Å². The number of rotatable bonds is 5. The van der Waals surface area contributed by atoms with Gasteiger partial charge in [-0.25, -0.2) is 9.97 Å². The number of pyridine rings is 1. The van der Waals surface area contributed by atoms with Gasteiger partial charge in [0.2, 0.25) is 5.91 Å². The standard InChI is InChI=1S/C21H25N5O2/c1-15(28)23-17-3-5-19-16(14-17)2-4-20(24-19)21-22-8-11-26(21)18-6-9-25(10-7-18)12-13-27/h2-5,8,11,14,18,27H,6-7,9-10,12-13H2,1H3,(H,23,28). The first-order valence-corrected chi connectivity index (χ1v) is 9.69. The third kappa shape index (κ3) is 3.90. The van der Waals surface area contributed by atoms with Crippen molar-refractivity contribution in [3.63, 3.8) is 0 Å². The van der Waals surface area contributed by atoms with E-state index >= 15 is 0 Å². The number of aromatic nitrogens is 3. The Morgan fingerprint density at radius 1 is 1.25 bits per heavy atom. The second kappa shape index (κ2) is 8.08. The van der Waals surface area contributed by atoms with Gasteiger partial charge in [0.25, 0.3) is 0 Å². The Bertz CT molecular complexity index is 976. The number of aliphatic hydroxyl groups is 1. The predicted octanol–water partition coefficient (Wildman–Crippen LogP) is 2.69. The number of carbonyl (C=O) groups excluding carboxylic acids is 1. The monoisotopic (exact) mass is 379 g/mol. The number of hydrogen-bond donors (Lipinski definition) is 2. The van der Waals surface area contributed by atoms with Gasteiger partial charge in [0.05, 0.1) is 12.1 Å². The molecule has 7 heteroatoms. The molecule has 2 N–H and O–H groups in total. The van der Waals surface area contributed by atoms with Gasteiger partial charge in [0.1, 0.15) is 5.69 Å². The minimum atomic E-state index is -0.0870. The summed E-state index contributed by atoms with van der Waals surface area (Å²) < 4.78 is 2.23. The fourth-order valence-electron chi connectivity index (χ4n) is 3.90. The van der Waals surface area contributed by atoms with Crippen LogP contribution < -0.4 is 5.32 Å². The highest BCUT2D eigenvalue weighted by Crippen LogP contribution is 2.28. The number of carbonyl (C=O) groups is 1. The number of anilines is 1. The molecular formula is C21H25N5O2. The Morgan fingerprint density at radius 3 is 2.82 bits per heavy atom. The van der Waals surface area contributed by atoms with E-state index in [4.69, 9.17) is 10.1 Å². The molecule has 28 heavy (non-hydrogen) atoms. The topological polar surface area (TPSA) is 83.3 Å². The maximum Gasteiger partial charge on any atom is 0.221 e. The van der Waals surface area contributed by atoms with Crippen LogP contribution in [0.3, 0.4) is 0 Å². The number of nitrogens with one attached hydrogen (secondary N) is 1. The zero-order chi connectivity index (χ0) is 19.5. The Hall–Kier alpha value is -2.77. The fraction of sp³-hybridized carbons (Fsp3) is 0.381. The molecule has 7 nitrogen and oxygen atoms in total. The molecule has 146 valence electrons. The first kappa shape index (κ1) is 18.6. The molecule has 1 fully saturated rings. The van der Waals surface area contributed by atoms with Crippen LogP contribution in [0.2, 0.25) is 0 Å². The quantitative estimate of drug-likeness (QED) is 0.712. The summed E-state index contributed by atoms with van der Waals surface area (Å²) in [5.41, 5.74) is 2.49. The van der Waals surface area contributed by atoms with Crippen molar-refractivity contribution < 1.29 is 9.90 Å². The number of piperidine rings is 1. The number of likely N-dealkylation sites (tertiary alicyclic amines) is 1. The van der Waals surface area contributed by atoms with Crippen LogP contribution in [0.5, 0.6) is 0 Å². The zero-order valence-corrected chi connectivity index (χ0v) is 16.0. The summed E-state index contributed by atoms with van der Waals surface area (Å²) in [4.78, 5) is 22.9. The first-order valence-electron chi connectivity index (χ1n) is 9.69. The van der Waals surface area contributed by atoms with E-state index in [0.29, 0.717) is 6.04 Å². The summed E-state index contributed by atoms with van der Waals surface area (Å²) in [5.74, 6) is 0.796. The first-order chi connectivity index (χ1) is 13.6. The van der Waals surface area contributed by atoms with Crippen molar-refractivity contribution in [3.05, 3.63) is 42.7 Å². The van der Waals surface area contributed by atoms with Gasteiger partial charge in [-0.15, -0.1) is 0 Å². The average molecular weight is 379 g/mol. The van der Waals surface area contributed by atoms with Gasteiger partial charge in [-0.1, -0.05) is 6.07 Å². The molecule has 1 amide bonds. The van der Waals surface area contributed by atoms with Gasteiger partial charge in [0, 0.05) is 56.1 Å². The molecule has 3 heterocycles. The van der Waals surface area contributed by atoms with E-state index in [1.54, 1.807) is 0 Å². The number of nitrogens with zero attached hydrogens (tertiary/aromatic N) is 4. The lowest BCUT2D eigenvalue weighted by molar-refractivity contribution is -0.114. The van der Waals surface area contributed by atoms with E-state index < -0.39 is 0 Å². The summed E-state index contributed by atoms with van der Waals surface area (Å²) in [6, 6.07) is 10.1. The number of aliphatic hydroxyl groups excluding tert-OH is 1. The summed E-state index contributed by atoms with van der Waals surface area (Å²) >= 11 is 0. The number of benzene rings is 1. The van der Waals surface area contributed by atoms with Gasteiger partial charge in [-0.05, 0) is 37.1 Å². The van der Waals surface area contributed by atoms with Crippen molar-refractivity contribution in [1.82, 2.24) is 19.4 Å². The SMILES string of the molecule is CC(=O)Nc1ccc2nc(-c3nccn3C3CCN(CCO)CC3)ccc2c1. The van der Waals surface area contributed by atoms with Gasteiger partial charge >= 0.3 is 0 Å². The molecule has 0 spiro atoms. The lowest BCUT2D eigenvalue weighted by Gasteiger charge is -2.32. The molecule has 0 saturated carbocycles. The Balaban J connectivity index is 1.57. The molecule has 0 atom stereocenters. The molecule has 0 bridgehead atoms. The molecule has 2 aromatic heterocycles. The molecule has 1 aliphatic heterocycles. The van der Waals surface area contributed by atoms with Crippen molar-refractivity contribution in [3.8, 4) is 11.5 Å². The number of amides is 1. The van der Waals surface area contributed by atoms with Crippen molar-refractivity contribution >= 4 is 22.5 Å². The Morgan fingerprint density at radius 2 is 2.07 bits per heavy atom. The van der Waals surface area contributed by atoms with Gasteiger partial charge in [-0.2, -0.15) is 0 Å². The van der Waals surface area contributed by atoms with Gasteiger partial charge < -0.3 is 19.9 Å². The molecule has 0 unspecified atom stereocenters. The highest BCUT2D eigenvalue weighted by Gasteiger charge is 2.22. The second-order valence-corrected chi connectivity index (χ2v) is 7.24. The second-order valence-electron chi connectivity index (χ2n) is 7.24. The predicted molar refractivity (Wildman–Crippen MR) is 109 cm³/mol. The third-order valence-corrected chi connectivity index (χ3v) is 5.27. The Kier molecular flexibility index (Phi) is 5.36. The van der Waals surface area contributed by atoms with Crippen LogP contribution in [0.1, 0.15) is 25.8 Å². The van der Waals surface area contributed by atoms with Crippen molar-refractivity contribution in [1.29, 1.82) is 0 Å². The summed E-state index contributed by atoms with van der Waals surface area (Å²) in [7, 11) is 0. The Labute approximate surface area is 164 Å². The van der Waals surface area contributed by atoms with Crippen molar-refractivity contribution in [2.45, 2.75) is 25.8 Å². The lowest BCUT2D eigenvalue weighted by atomic mass is 10.0. The molecule has 1 saturated heterocycles. The van der Waals surface area contributed by atoms with E-state index in [1.165, 1.54) is 6.92 Å². The molecule has 0 radical (unpaired) electrons. The number of hydrogen-bond acceptors (Lipinski definition) is 5. The highest BCUT2D eigenvalue weighted by molar-refractivity contribution is 5.92. The fourth-order valence-corrected chi connectivity index (χ4v) is 3.90. The minimum absolute atomic E-state index is 0.0870.